The molecule has 0 saturated heterocycles. The molecule has 0 radical (unpaired) electrons. The van der Waals surface area contributed by atoms with Gasteiger partial charge >= 0.3 is 0 Å². The first-order chi connectivity index (χ1) is 8.58. The number of nitrogens with one attached hydrogen (secondary N) is 2. The van der Waals surface area contributed by atoms with Crippen molar-refractivity contribution in [2.45, 2.75) is 13.3 Å². The van der Waals surface area contributed by atoms with Gasteiger partial charge in [0.15, 0.2) is 17.4 Å². The third-order valence-electron chi connectivity index (χ3n) is 2.23. The van der Waals surface area contributed by atoms with Gasteiger partial charge in [-0.15, -0.1) is 0 Å². The second kappa shape index (κ2) is 6.78. The molecule has 0 saturated carbocycles. The van der Waals surface area contributed by atoms with Crippen LogP contribution in [0.1, 0.15) is 13.3 Å². The Labute approximate surface area is 104 Å². The molecule has 2 N–H and O–H groups in total. The molecular weight excluding hydrogens is 242 g/mol. The van der Waals surface area contributed by atoms with Crippen LogP contribution >= 0.6 is 0 Å². The molecule has 0 unspecified atom stereocenters. The molecule has 1 aromatic carbocycles. The summed E-state index contributed by atoms with van der Waals surface area (Å²) in [6.45, 7) is 2.47. The van der Waals surface area contributed by atoms with E-state index in [0.29, 0.717) is 6.54 Å². The average molecular weight is 258 g/mol. The fourth-order valence-electron chi connectivity index (χ4n) is 1.37. The summed E-state index contributed by atoms with van der Waals surface area (Å²) in [7, 11) is 1.19. The van der Waals surface area contributed by atoms with Crippen LogP contribution in [-0.2, 0) is 4.79 Å². The maximum Gasteiger partial charge on any atom is 0.239 e. The summed E-state index contributed by atoms with van der Waals surface area (Å²) in [4.78, 5) is 11.3. The second-order valence-corrected chi connectivity index (χ2v) is 3.68. The minimum Gasteiger partial charge on any atom is -0.491 e. The van der Waals surface area contributed by atoms with Crippen molar-refractivity contribution in [1.29, 1.82) is 0 Å². The fourth-order valence-corrected chi connectivity index (χ4v) is 1.37. The molecule has 0 atom stereocenters. The summed E-state index contributed by atoms with van der Waals surface area (Å²) in [5.41, 5.74) is 0.192. The molecule has 18 heavy (non-hydrogen) atoms. The number of carbonyl (C=O) groups is 1. The first-order valence-corrected chi connectivity index (χ1v) is 5.62. The lowest BCUT2D eigenvalue weighted by Gasteiger charge is -2.09. The van der Waals surface area contributed by atoms with Crippen LogP contribution in [0.25, 0.3) is 0 Å². The molecule has 0 fully saturated rings. The zero-order chi connectivity index (χ0) is 13.5. The summed E-state index contributed by atoms with van der Waals surface area (Å²) >= 11 is 0. The highest BCUT2D eigenvalue weighted by atomic mass is 19.1. The van der Waals surface area contributed by atoms with Gasteiger partial charge in [-0.05, 0) is 6.42 Å². The minimum absolute atomic E-state index is 0.0365. The van der Waals surface area contributed by atoms with Gasteiger partial charge in [-0.3, -0.25) is 4.79 Å². The standard InChI is InChI=1S/C12H16F2N2O2/c1-3-4-15-11(17)7-16-8-5-9(13)12(18-2)10(14)6-8/h5-6,16H,3-4,7H2,1-2H3,(H,15,17). The Morgan fingerprint density at radius 3 is 2.44 bits per heavy atom. The Morgan fingerprint density at radius 1 is 1.33 bits per heavy atom. The maximum absolute atomic E-state index is 13.3. The summed E-state index contributed by atoms with van der Waals surface area (Å²) in [5, 5.41) is 5.28. The Kier molecular flexibility index (Phi) is 5.35. The van der Waals surface area contributed by atoms with Crippen molar-refractivity contribution in [3.8, 4) is 5.75 Å². The lowest BCUT2D eigenvalue weighted by molar-refractivity contribution is -0.119. The number of rotatable bonds is 6. The topological polar surface area (TPSA) is 50.4 Å². The van der Waals surface area contributed by atoms with Crippen molar-refractivity contribution in [3.63, 3.8) is 0 Å². The summed E-state index contributed by atoms with van der Waals surface area (Å²) in [6.07, 6.45) is 0.831. The molecule has 0 aromatic heterocycles. The van der Waals surface area contributed by atoms with Gasteiger partial charge in [0.05, 0.1) is 13.7 Å². The fraction of sp³-hybridized carbons (Fsp3) is 0.417. The number of hydrogen-bond donors (Lipinski definition) is 2. The van der Waals surface area contributed by atoms with Crippen LogP contribution in [0.3, 0.4) is 0 Å². The highest BCUT2D eigenvalue weighted by Crippen LogP contribution is 2.24. The summed E-state index contributed by atoms with van der Waals surface area (Å²) in [6, 6.07) is 2.16. The predicted molar refractivity (Wildman–Crippen MR) is 64.7 cm³/mol. The van der Waals surface area contributed by atoms with Gasteiger partial charge in [0.2, 0.25) is 5.91 Å². The zero-order valence-electron chi connectivity index (χ0n) is 10.3. The van der Waals surface area contributed by atoms with E-state index in [1.165, 1.54) is 7.11 Å². The molecule has 4 nitrogen and oxygen atoms in total. The SMILES string of the molecule is CCCNC(=O)CNc1cc(F)c(OC)c(F)c1. The van der Waals surface area contributed by atoms with Crippen molar-refractivity contribution >= 4 is 11.6 Å². The number of anilines is 1. The third kappa shape index (κ3) is 3.87. The Morgan fingerprint density at radius 2 is 1.94 bits per heavy atom. The lowest BCUT2D eigenvalue weighted by Crippen LogP contribution is -2.30. The van der Waals surface area contributed by atoms with Crippen LogP contribution in [0.5, 0.6) is 5.75 Å². The highest BCUT2D eigenvalue weighted by Gasteiger charge is 2.11. The van der Waals surface area contributed by atoms with E-state index >= 15 is 0 Å². The van der Waals surface area contributed by atoms with Crippen LogP contribution in [-0.4, -0.2) is 26.1 Å². The van der Waals surface area contributed by atoms with E-state index in [1.54, 1.807) is 0 Å². The first-order valence-electron chi connectivity index (χ1n) is 5.62. The van der Waals surface area contributed by atoms with E-state index in [-0.39, 0.29) is 18.1 Å². The van der Waals surface area contributed by atoms with Gasteiger partial charge in [0, 0.05) is 24.4 Å². The number of carbonyl (C=O) groups excluding carboxylic acids is 1. The summed E-state index contributed by atoms with van der Waals surface area (Å²) in [5.74, 6) is -2.28. The van der Waals surface area contributed by atoms with Gasteiger partial charge in [0.1, 0.15) is 0 Å². The molecule has 0 bridgehead atoms. The predicted octanol–water partition coefficient (Wildman–Crippen LogP) is 1.91. The molecule has 0 aliphatic heterocycles. The molecule has 100 valence electrons. The number of hydrogen-bond acceptors (Lipinski definition) is 3. The van der Waals surface area contributed by atoms with Crippen LogP contribution in [0.2, 0.25) is 0 Å². The maximum atomic E-state index is 13.3. The molecule has 0 heterocycles. The smallest absolute Gasteiger partial charge is 0.239 e. The zero-order valence-corrected chi connectivity index (χ0v) is 10.3. The van der Waals surface area contributed by atoms with Gasteiger partial charge < -0.3 is 15.4 Å². The van der Waals surface area contributed by atoms with E-state index in [0.717, 1.165) is 18.6 Å². The van der Waals surface area contributed by atoms with Crippen LogP contribution in [0.15, 0.2) is 12.1 Å². The quantitative estimate of drug-likeness (QED) is 0.819. The van der Waals surface area contributed by atoms with Crippen LogP contribution in [0, 0.1) is 11.6 Å². The van der Waals surface area contributed by atoms with E-state index in [1.807, 2.05) is 6.92 Å². The van der Waals surface area contributed by atoms with E-state index in [2.05, 4.69) is 15.4 Å². The van der Waals surface area contributed by atoms with Crippen molar-refractivity contribution in [1.82, 2.24) is 5.32 Å². The van der Waals surface area contributed by atoms with Crippen molar-refractivity contribution in [3.05, 3.63) is 23.8 Å². The second-order valence-electron chi connectivity index (χ2n) is 3.68. The number of benzene rings is 1. The lowest BCUT2D eigenvalue weighted by atomic mass is 10.2. The molecule has 1 aromatic rings. The minimum atomic E-state index is -0.811. The van der Waals surface area contributed by atoms with E-state index in [4.69, 9.17) is 0 Å². The Bertz CT molecular complexity index is 402. The number of amides is 1. The molecule has 1 amide bonds. The molecular formula is C12H16F2N2O2. The van der Waals surface area contributed by atoms with Gasteiger partial charge in [-0.25, -0.2) is 8.78 Å². The molecule has 1 rings (SSSR count). The number of methoxy groups -OCH3 is 1. The molecule has 6 heteroatoms. The normalized spacial score (nSPS) is 10.0. The molecule has 0 aliphatic rings. The van der Waals surface area contributed by atoms with Crippen molar-refractivity contribution in [2.75, 3.05) is 25.5 Å². The van der Waals surface area contributed by atoms with E-state index < -0.39 is 17.4 Å². The summed E-state index contributed by atoms with van der Waals surface area (Å²) < 4.78 is 31.2. The van der Waals surface area contributed by atoms with Crippen molar-refractivity contribution < 1.29 is 18.3 Å². The third-order valence-corrected chi connectivity index (χ3v) is 2.23. The van der Waals surface area contributed by atoms with Gasteiger partial charge in [0.25, 0.3) is 0 Å². The first kappa shape index (κ1) is 14.2. The van der Waals surface area contributed by atoms with Gasteiger partial charge in [-0.1, -0.05) is 6.92 Å². The largest absolute Gasteiger partial charge is 0.491 e. The molecule has 0 aliphatic carbocycles. The van der Waals surface area contributed by atoms with Gasteiger partial charge in [-0.2, -0.15) is 0 Å². The Hall–Kier alpha value is -1.85. The average Bonchev–Trinajstić information content (AvgIpc) is 2.33. The number of ether oxygens (including phenoxy) is 1. The monoisotopic (exact) mass is 258 g/mol. The number of halogens is 2. The Balaban J connectivity index is 2.61. The van der Waals surface area contributed by atoms with E-state index in [9.17, 15) is 13.6 Å². The highest BCUT2D eigenvalue weighted by molar-refractivity contribution is 5.80. The molecule has 0 spiro atoms. The van der Waals surface area contributed by atoms with Crippen LogP contribution in [0.4, 0.5) is 14.5 Å². The van der Waals surface area contributed by atoms with Crippen molar-refractivity contribution in [2.24, 2.45) is 0 Å². The van der Waals surface area contributed by atoms with Crippen LogP contribution < -0.4 is 15.4 Å².